The third-order valence-corrected chi connectivity index (χ3v) is 6.08. The molecule has 1 N–H and O–H groups in total. The maximum atomic E-state index is 14.2. The molecule has 0 aliphatic rings. The molecule has 10 nitrogen and oxygen atoms in total. The minimum atomic E-state index is -3.84. The van der Waals surface area contributed by atoms with Crippen LogP contribution in [0.1, 0.15) is 16.2 Å². The molecule has 3 rings (SSSR count). The Kier molecular flexibility index (Phi) is 5.80. The summed E-state index contributed by atoms with van der Waals surface area (Å²) in [5, 5.41) is 13.5. The Bertz CT molecular complexity index is 1210. The Morgan fingerprint density at radius 1 is 1.20 bits per heavy atom. The van der Waals surface area contributed by atoms with Crippen LogP contribution in [0.5, 0.6) is 5.75 Å². The van der Waals surface area contributed by atoms with Crippen LogP contribution in [0, 0.1) is 12.7 Å². The lowest BCUT2D eigenvalue weighted by Crippen LogP contribution is -2.23. The highest BCUT2D eigenvalue weighted by Crippen LogP contribution is 2.27. The standard InChI is InChI=1S/C18H19FN6O4S/c1-11-21-22-23-25(11)15-10-13(6-7-14(15)19)20-18(26)12-5-8-16(29-4)17(9-12)30(27,28)24(2)3/h5-10H,1-4H3,(H,20,26). The zero-order valence-corrected chi connectivity index (χ0v) is 17.4. The van der Waals surface area contributed by atoms with Gasteiger partial charge in [0.05, 0.1) is 7.11 Å². The van der Waals surface area contributed by atoms with E-state index in [-0.39, 0.29) is 27.6 Å². The van der Waals surface area contributed by atoms with Crippen molar-refractivity contribution in [3.8, 4) is 11.4 Å². The second-order valence-corrected chi connectivity index (χ2v) is 8.53. The molecule has 1 amide bonds. The second-order valence-electron chi connectivity index (χ2n) is 6.41. The van der Waals surface area contributed by atoms with Crippen LogP contribution in [0.3, 0.4) is 0 Å². The van der Waals surface area contributed by atoms with Crippen molar-refractivity contribution in [1.29, 1.82) is 0 Å². The number of hydrogen-bond donors (Lipinski definition) is 1. The summed E-state index contributed by atoms with van der Waals surface area (Å²) < 4.78 is 46.6. The van der Waals surface area contributed by atoms with Crippen molar-refractivity contribution in [2.45, 2.75) is 11.8 Å². The predicted octanol–water partition coefficient (Wildman–Crippen LogP) is 1.62. The number of anilines is 1. The van der Waals surface area contributed by atoms with Crippen LogP contribution in [-0.2, 0) is 10.0 Å². The lowest BCUT2D eigenvalue weighted by Gasteiger charge is -2.15. The number of carbonyl (C=O) groups is 1. The molecule has 1 aromatic heterocycles. The normalized spacial score (nSPS) is 11.5. The first-order valence-electron chi connectivity index (χ1n) is 8.62. The molecule has 0 aliphatic carbocycles. The van der Waals surface area contributed by atoms with Crippen molar-refractivity contribution in [2.75, 3.05) is 26.5 Å². The van der Waals surface area contributed by atoms with Gasteiger partial charge in [-0.05, 0) is 53.7 Å². The number of sulfonamides is 1. The Labute approximate surface area is 172 Å². The molecule has 0 bridgehead atoms. The van der Waals surface area contributed by atoms with Crippen molar-refractivity contribution in [1.82, 2.24) is 24.5 Å². The highest BCUT2D eigenvalue weighted by molar-refractivity contribution is 7.89. The largest absolute Gasteiger partial charge is 0.495 e. The molecule has 0 aliphatic heterocycles. The number of nitrogens with zero attached hydrogens (tertiary/aromatic N) is 5. The number of methoxy groups -OCH3 is 1. The highest BCUT2D eigenvalue weighted by atomic mass is 32.2. The Balaban J connectivity index is 1.95. The number of tetrazole rings is 1. The van der Waals surface area contributed by atoms with Crippen LogP contribution in [-0.4, -0.2) is 60.0 Å². The van der Waals surface area contributed by atoms with Crippen molar-refractivity contribution in [2.24, 2.45) is 0 Å². The summed E-state index contributed by atoms with van der Waals surface area (Å²) >= 11 is 0. The molecular formula is C18H19FN6O4S. The number of hydrogen-bond acceptors (Lipinski definition) is 7. The first kappa shape index (κ1) is 21.3. The van der Waals surface area contributed by atoms with Gasteiger partial charge >= 0.3 is 0 Å². The van der Waals surface area contributed by atoms with Gasteiger partial charge in [-0.15, -0.1) is 5.10 Å². The third-order valence-electron chi connectivity index (χ3n) is 4.24. The van der Waals surface area contributed by atoms with E-state index in [9.17, 15) is 17.6 Å². The number of rotatable bonds is 6. The molecule has 30 heavy (non-hydrogen) atoms. The summed E-state index contributed by atoms with van der Waals surface area (Å²) in [6, 6.07) is 7.96. The van der Waals surface area contributed by atoms with Crippen LogP contribution >= 0.6 is 0 Å². The molecule has 0 spiro atoms. The number of amides is 1. The molecule has 158 valence electrons. The zero-order chi connectivity index (χ0) is 22.1. The minimum absolute atomic E-state index is 0.0564. The third kappa shape index (κ3) is 4.00. The highest BCUT2D eigenvalue weighted by Gasteiger charge is 2.24. The van der Waals surface area contributed by atoms with Crippen molar-refractivity contribution < 1.29 is 22.3 Å². The molecule has 0 radical (unpaired) electrons. The Morgan fingerprint density at radius 2 is 1.93 bits per heavy atom. The number of ether oxygens (including phenoxy) is 1. The van der Waals surface area contributed by atoms with Gasteiger partial charge in [0.1, 0.15) is 22.1 Å². The molecular weight excluding hydrogens is 415 g/mol. The molecule has 0 saturated carbocycles. The SMILES string of the molecule is COc1ccc(C(=O)Nc2ccc(F)c(-n3nnnc3C)c2)cc1S(=O)(=O)N(C)C. The fourth-order valence-corrected chi connectivity index (χ4v) is 3.70. The van der Waals surface area contributed by atoms with E-state index >= 15 is 0 Å². The lowest BCUT2D eigenvalue weighted by molar-refractivity contribution is 0.102. The first-order valence-corrected chi connectivity index (χ1v) is 10.1. The number of aryl methyl sites for hydroxylation is 1. The summed E-state index contributed by atoms with van der Waals surface area (Å²) in [5.74, 6) is -0.685. The van der Waals surface area contributed by atoms with Gasteiger partial charge in [-0.1, -0.05) is 0 Å². The van der Waals surface area contributed by atoms with E-state index in [1.54, 1.807) is 6.92 Å². The summed E-state index contributed by atoms with van der Waals surface area (Å²) in [7, 11) is 0.251. The van der Waals surface area contributed by atoms with Gasteiger partial charge in [0.25, 0.3) is 5.91 Å². The molecule has 3 aromatic rings. The Morgan fingerprint density at radius 3 is 2.53 bits per heavy atom. The Hall–Kier alpha value is -3.38. The van der Waals surface area contributed by atoms with E-state index in [4.69, 9.17) is 4.74 Å². The van der Waals surface area contributed by atoms with Crippen LogP contribution in [0.25, 0.3) is 5.69 Å². The van der Waals surface area contributed by atoms with E-state index in [0.717, 1.165) is 4.31 Å². The summed E-state index contributed by atoms with van der Waals surface area (Å²) in [6.45, 7) is 1.61. The summed E-state index contributed by atoms with van der Waals surface area (Å²) in [5.41, 5.74) is 0.417. The summed E-state index contributed by atoms with van der Waals surface area (Å²) in [4.78, 5) is 12.6. The van der Waals surface area contributed by atoms with Gasteiger partial charge in [-0.25, -0.2) is 17.1 Å². The second kappa shape index (κ2) is 8.16. The van der Waals surface area contributed by atoms with Crippen LogP contribution in [0.4, 0.5) is 10.1 Å². The average Bonchev–Trinajstić information content (AvgIpc) is 3.14. The van der Waals surface area contributed by atoms with Crippen LogP contribution in [0.2, 0.25) is 0 Å². The minimum Gasteiger partial charge on any atom is -0.495 e. The number of carbonyl (C=O) groups excluding carboxylic acids is 1. The number of benzene rings is 2. The summed E-state index contributed by atoms with van der Waals surface area (Å²) in [6.07, 6.45) is 0. The number of halogens is 1. The molecule has 0 fully saturated rings. The van der Waals surface area contributed by atoms with E-state index in [1.165, 1.54) is 62.3 Å². The molecule has 2 aromatic carbocycles. The van der Waals surface area contributed by atoms with Crippen molar-refractivity contribution in [3.63, 3.8) is 0 Å². The van der Waals surface area contributed by atoms with Gasteiger partial charge in [0.2, 0.25) is 10.0 Å². The smallest absolute Gasteiger partial charge is 0.255 e. The maximum Gasteiger partial charge on any atom is 0.255 e. The molecule has 0 saturated heterocycles. The monoisotopic (exact) mass is 434 g/mol. The van der Waals surface area contributed by atoms with Crippen molar-refractivity contribution >= 4 is 21.6 Å². The molecule has 0 atom stereocenters. The number of aromatic nitrogens is 4. The maximum absolute atomic E-state index is 14.2. The molecule has 1 heterocycles. The van der Waals surface area contributed by atoms with E-state index in [0.29, 0.717) is 5.82 Å². The quantitative estimate of drug-likeness (QED) is 0.626. The molecule has 0 unspecified atom stereocenters. The zero-order valence-electron chi connectivity index (χ0n) is 16.6. The van der Waals surface area contributed by atoms with Gasteiger partial charge in [0.15, 0.2) is 5.82 Å². The van der Waals surface area contributed by atoms with Gasteiger partial charge in [0, 0.05) is 25.3 Å². The fourth-order valence-electron chi connectivity index (χ4n) is 2.63. The van der Waals surface area contributed by atoms with Crippen molar-refractivity contribution in [3.05, 3.63) is 53.6 Å². The van der Waals surface area contributed by atoms with E-state index in [2.05, 4.69) is 20.8 Å². The van der Waals surface area contributed by atoms with Crippen LogP contribution in [0.15, 0.2) is 41.3 Å². The number of nitrogens with one attached hydrogen (secondary N) is 1. The van der Waals surface area contributed by atoms with Gasteiger partial charge < -0.3 is 10.1 Å². The van der Waals surface area contributed by atoms with Crippen LogP contribution < -0.4 is 10.1 Å². The topological polar surface area (TPSA) is 119 Å². The van der Waals surface area contributed by atoms with Gasteiger partial charge in [-0.3, -0.25) is 4.79 Å². The van der Waals surface area contributed by atoms with Gasteiger partial charge in [-0.2, -0.15) is 4.68 Å². The van der Waals surface area contributed by atoms with E-state index in [1.807, 2.05) is 0 Å². The van der Waals surface area contributed by atoms with E-state index < -0.39 is 21.7 Å². The first-order chi connectivity index (χ1) is 14.1. The molecule has 12 heteroatoms. The predicted molar refractivity (Wildman–Crippen MR) is 106 cm³/mol. The lowest BCUT2D eigenvalue weighted by atomic mass is 10.2. The average molecular weight is 434 g/mol. The fraction of sp³-hybridized carbons (Fsp3) is 0.222.